The number of hydrogen-bond acceptors (Lipinski definition) is 8. The summed E-state index contributed by atoms with van der Waals surface area (Å²) in [5.41, 5.74) is 0.619. The lowest BCUT2D eigenvalue weighted by molar-refractivity contribution is -0.192. The smallest absolute Gasteiger partial charge is 0.490 e. The van der Waals surface area contributed by atoms with Crippen molar-refractivity contribution < 1.29 is 52.0 Å². The Morgan fingerprint density at radius 1 is 1.14 bits per heavy atom. The molecule has 1 aromatic rings. The van der Waals surface area contributed by atoms with Gasteiger partial charge in [0.1, 0.15) is 11.5 Å². The first-order valence-electron chi connectivity index (χ1n) is 9.97. The number of hydrogen-bond donors (Lipinski definition) is 3. The summed E-state index contributed by atoms with van der Waals surface area (Å²) in [6.45, 7) is 0.772. The monoisotopic (exact) mass is 542 g/mol. The van der Waals surface area contributed by atoms with Gasteiger partial charge in [-0.05, 0) is 12.1 Å². The van der Waals surface area contributed by atoms with Gasteiger partial charge in [0.05, 0.1) is 32.2 Å². The SMILES string of the molecule is COc1ccc(N2CC(C(=O)NCCSSCCC(=O)O)CC2=O)c(OC)c1.O=C(O)C(F)(F)F. The number of ether oxygens (including phenoxy) is 2. The quantitative estimate of drug-likeness (QED) is 0.282. The van der Waals surface area contributed by atoms with E-state index in [1.807, 2.05) is 0 Å². The van der Waals surface area contributed by atoms with Gasteiger partial charge in [-0.1, -0.05) is 21.6 Å². The van der Waals surface area contributed by atoms with E-state index in [1.165, 1.54) is 28.7 Å². The molecule has 0 radical (unpaired) electrons. The molecule has 35 heavy (non-hydrogen) atoms. The number of amides is 2. The molecule has 1 atom stereocenters. The molecule has 1 aliphatic heterocycles. The second kappa shape index (κ2) is 14.6. The van der Waals surface area contributed by atoms with Crippen LogP contribution in [0.2, 0.25) is 0 Å². The zero-order chi connectivity index (χ0) is 26.6. The summed E-state index contributed by atoms with van der Waals surface area (Å²) in [5, 5.41) is 18.5. The van der Waals surface area contributed by atoms with E-state index in [-0.39, 0.29) is 24.7 Å². The molecule has 1 heterocycles. The van der Waals surface area contributed by atoms with Gasteiger partial charge in [-0.2, -0.15) is 13.2 Å². The largest absolute Gasteiger partial charge is 0.497 e. The van der Waals surface area contributed by atoms with Crippen molar-refractivity contribution >= 4 is 51.0 Å². The van der Waals surface area contributed by atoms with Crippen LogP contribution in [0, 0.1) is 5.92 Å². The normalized spacial score (nSPS) is 15.2. The van der Waals surface area contributed by atoms with Crippen molar-refractivity contribution in [1.82, 2.24) is 5.32 Å². The van der Waals surface area contributed by atoms with E-state index in [0.29, 0.717) is 41.8 Å². The summed E-state index contributed by atoms with van der Waals surface area (Å²) in [4.78, 5) is 45.7. The summed E-state index contributed by atoms with van der Waals surface area (Å²) < 4.78 is 42.3. The predicted molar refractivity (Wildman–Crippen MR) is 124 cm³/mol. The van der Waals surface area contributed by atoms with Crippen LogP contribution in [0.15, 0.2) is 18.2 Å². The molecule has 1 saturated heterocycles. The van der Waals surface area contributed by atoms with Crippen LogP contribution in [0.1, 0.15) is 12.8 Å². The first kappa shape index (κ1) is 30.2. The number of halogens is 3. The summed E-state index contributed by atoms with van der Waals surface area (Å²) in [6, 6.07) is 5.20. The minimum absolute atomic E-state index is 0.123. The van der Waals surface area contributed by atoms with Gasteiger partial charge in [-0.15, -0.1) is 0 Å². The topological polar surface area (TPSA) is 142 Å². The number of nitrogens with one attached hydrogen (secondary N) is 1. The molecule has 1 unspecified atom stereocenters. The van der Waals surface area contributed by atoms with E-state index < -0.39 is 24.0 Å². The number of carboxylic acid groups (broad SMARTS) is 2. The fraction of sp³-hybridized carbons (Fsp3) is 0.500. The van der Waals surface area contributed by atoms with Gasteiger partial charge < -0.3 is 29.9 Å². The van der Waals surface area contributed by atoms with Gasteiger partial charge in [-0.25, -0.2) is 4.79 Å². The Bertz CT molecular complexity index is 902. The van der Waals surface area contributed by atoms with Crippen molar-refractivity contribution in [3.05, 3.63) is 18.2 Å². The summed E-state index contributed by atoms with van der Waals surface area (Å²) in [6.07, 6.45) is -4.81. The predicted octanol–water partition coefficient (Wildman–Crippen LogP) is 2.66. The highest BCUT2D eigenvalue weighted by Gasteiger charge is 2.38. The van der Waals surface area contributed by atoms with Crippen LogP contribution >= 0.6 is 21.6 Å². The lowest BCUT2D eigenvalue weighted by atomic mass is 10.1. The zero-order valence-corrected chi connectivity index (χ0v) is 20.4. The molecule has 0 spiro atoms. The molecule has 0 aromatic heterocycles. The van der Waals surface area contributed by atoms with Gasteiger partial charge in [0.25, 0.3) is 0 Å². The summed E-state index contributed by atoms with van der Waals surface area (Å²) in [7, 11) is 6.06. The van der Waals surface area contributed by atoms with Crippen LogP contribution in [-0.4, -0.2) is 79.0 Å². The molecule has 1 aromatic carbocycles. The van der Waals surface area contributed by atoms with Crippen molar-refractivity contribution in [2.75, 3.05) is 43.7 Å². The molecule has 0 aliphatic carbocycles. The molecule has 2 rings (SSSR count). The average Bonchev–Trinajstić information content (AvgIpc) is 3.18. The number of benzene rings is 1. The maximum Gasteiger partial charge on any atom is 0.490 e. The second-order valence-corrected chi connectivity index (χ2v) is 9.53. The van der Waals surface area contributed by atoms with E-state index in [9.17, 15) is 27.6 Å². The Labute approximate surface area is 206 Å². The van der Waals surface area contributed by atoms with Gasteiger partial charge in [0, 0.05) is 37.1 Å². The fourth-order valence-corrected chi connectivity index (χ4v) is 4.62. The lowest BCUT2D eigenvalue weighted by Gasteiger charge is -2.20. The molecule has 0 saturated carbocycles. The Hall–Kier alpha value is -2.81. The molecule has 2 amide bonds. The van der Waals surface area contributed by atoms with Crippen LogP contribution < -0.4 is 19.7 Å². The Balaban J connectivity index is 0.000000762. The number of aliphatic carboxylic acids is 2. The maximum atomic E-state index is 12.4. The van der Waals surface area contributed by atoms with Gasteiger partial charge in [-0.3, -0.25) is 14.4 Å². The average molecular weight is 543 g/mol. The highest BCUT2D eigenvalue weighted by atomic mass is 33.1. The highest BCUT2D eigenvalue weighted by molar-refractivity contribution is 8.76. The molecular formula is C20H25F3N2O8S2. The number of nitrogens with zero attached hydrogens (tertiary/aromatic N) is 1. The zero-order valence-electron chi connectivity index (χ0n) is 18.8. The van der Waals surface area contributed by atoms with Crippen molar-refractivity contribution in [2.24, 2.45) is 5.92 Å². The number of anilines is 1. The lowest BCUT2D eigenvalue weighted by Crippen LogP contribution is -2.34. The molecule has 1 aliphatic rings. The number of alkyl halides is 3. The fourth-order valence-electron chi connectivity index (χ4n) is 2.73. The number of carbonyl (C=O) groups is 4. The number of carboxylic acids is 2. The van der Waals surface area contributed by atoms with E-state index in [1.54, 1.807) is 30.2 Å². The van der Waals surface area contributed by atoms with Gasteiger partial charge >= 0.3 is 18.1 Å². The molecule has 15 heteroatoms. The standard InChI is InChI=1S/C18H24N2O6S2.C2HF3O2/c1-25-13-3-4-14(15(10-13)26-2)20-11-12(9-16(20)21)18(24)19-6-8-28-27-7-5-17(22)23;3-2(4,5)1(6)7/h3-4,10,12H,5-9,11H2,1-2H3,(H,19,24)(H,22,23);(H,6,7). The Morgan fingerprint density at radius 3 is 2.31 bits per heavy atom. The van der Waals surface area contributed by atoms with E-state index in [0.717, 1.165) is 0 Å². The Morgan fingerprint density at radius 2 is 1.77 bits per heavy atom. The third kappa shape index (κ3) is 10.5. The van der Waals surface area contributed by atoms with Crippen molar-refractivity contribution in [1.29, 1.82) is 0 Å². The van der Waals surface area contributed by atoms with Crippen LogP contribution in [0.5, 0.6) is 11.5 Å². The van der Waals surface area contributed by atoms with E-state index in [2.05, 4.69) is 5.32 Å². The van der Waals surface area contributed by atoms with E-state index >= 15 is 0 Å². The van der Waals surface area contributed by atoms with Crippen molar-refractivity contribution in [3.63, 3.8) is 0 Å². The molecule has 3 N–H and O–H groups in total. The molecule has 10 nitrogen and oxygen atoms in total. The molecular weight excluding hydrogens is 517 g/mol. The van der Waals surface area contributed by atoms with Crippen LogP contribution in [0.3, 0.4) is 0 Å². The second-order valence-electron chi connectivity index (χ2n) is 6.82. The van der Waals surface area contributed by atoms with E-state index in [4.69, 9.17) is 24.5 Å². The molecule has 1 fully saturated rings. The summed E-state index contributed by atoms with van der Waals surface area (Å²) in [5.74, 6) is -1.91. The Kier molecular flexibility index (Phi) is 12.6. The van der Waals surface area contributed by atoms with Gasteiger partial charge in [0.2, 0.25) is 11.8 Å². The minimum atomic E-state index is -5.08. The third-order valence-electron chi connectivity index (χ3n) is 4.38. The van der Waals surface area contributed by atoms with Crippen molar-refractivity contribution in [3.8, 4) is 11.5 Å². The van der Waals surface area contributed by atoms with Crippen LogP contribution in [0.25, 0.3) is 0 Å². The summed E-state index contributed by atoms with van der Waals surface area (Å²) >= 11 is 0. The van der Waals surface area contributed by atoms with Crippen LogP contribution in [-0.2, 0) is 19.2 Å². The minimum Gasteiger partial charge on any atom is -0.497 e. The molecule has 0 bridgehead atoms. The van der Waals surface area contributed by atoms with Gasteiger partial charge in [0.15, 0.2) is 0 Å². The number of carbonyl (C=O) groups excluding carboxylic acids is 2. The number of rotatable bonds is 11. The van der Waals surface area contributed by atoms with Crippen LogP contribution in [0.4, 0.5) is 18.9 Å². The highest BCUT2D eigenvalue weighted by Crippen LogP contribution is 2.35. The number of methoxy groups -OCH3 is 2. The third-order valence-corrected chi connectivity index (χ3v) is 6.79. The molecule has 196 valence electrons. The maximum absolute atomic E-state index is 12.4. The first-order chi connectivity index (χ1) is 16.4. The first-order valence-corrected chi connectivity index (χ1v) is 12.5. The van der Waals surface area contributed by atoms with Crippen molar-refractivity contribution in [2.45, 2.75) is 19.0 Å².